The number of hydrogen-bond acceptors (Lipinski definition) is 3. The third-order valence-electron chi connectivity index (χ3n) is 1.42. The maximum Gasteiger partial charge on any atom is 0.354 e. The van der Waals surface area contributed by atoms with Gasteiger partial charge in [-0.2, -0.15) is 0 Å². The minimum absolute atomic E-state index is 0.0786. The molecule has 0 atom stereocenters. The van der Waals surface area contributed by atoms with E-state index in [4.69, 9.17) is 5.11 Å². The molecule has 0 aliphatic heterocycles. The lowest BCUT2D eigenvalue weighted by Crippen LogP contribution is -2.06. The van der Waals surface area contributed by atoms with E-state index in [-0.39, 0.29) is 5.69 Å². The summed E-state index contributed by atoms with van der Waals surface area (Å²) in [5.74, 6) is -0.994. The third kappa shape index (κ3) is 2.03. The van der Waals surface area contributed by atoms with Crippen molar-refractivity contribution in [3.05, 3.63) is 29.6 Å². The van der Waals surface area contributed by atoms with Gasteiger partial charge >= 0.3 is 5.97 Å². The van der Waals surface area contributed by atoms with E-state index in [9.17, 15) is 4.79 Å². The first-order valence-electron chi connectivity index (χ1n) is 3.57. The average Bonchev–Trinajstić information content (AvgIpc) is 2.06. The molecule has 0 saturated carbocycles. The largest absolute Gasteiger partial charge is 0.477 e. The van der Waals surface area contributed by atoms with Crippen molar-refractivity contribution in [2.24, 2.45) is 0 Å². The van der Waals surface area contributed by atoms with Gasteiger partial charge < -0.3 is 10.4 Å². The standard InChI is InChI=1S/C8H10N2O2/c1-9-4-6-2-3-7(8(11)12)10-5-6/h2-3,5,9H,4H2,1H3,(H,11,12). The van der Waals surface area contributed by atoms with E-state index in [0.717, 1.165) is 5.56 Å². The van der Waals surface area contributed by atoms with Crippen LogP contribution in [0.25, 0.3) is 0 Å². The fraction of sp³-hybridized carbons (Fsp3) is 0.250. The van der Waals surface area contributed by atoms with Crippen molar-refractivity contribution < 1.29 is 9.90 Å². The summed E-state index contributed by atoms with van der Waals surface area (Å²) >= 11 is 0. The Morgan fingerprint density at radius 3 is 2.83 bits per heavy atom. The predicted molar refractivity (Wildman–Crippen MR) is 44.0 cm³/mol. The molecule has 0 bridgehead atoms. The highest BCUT2D eigenvalue weighted by molar-refractivity contribution is 5.85. The molecule has 0 aromatic carbocycles. The summed E-state index contributed by atoms with van der Waals surface area (Å²) in [6, 6.07) is 3.24. The number of nitrogens with one attached hydrogen (secondary N) is 1. The van der Waals surface area contributed by atoms with E-state index in [2.05, 4.69) is 10.3 Å². The van der Waals surface area contributed by atoms with Gasteiger partial charge in [0.15, 0.2) is 0 Å². The van der Waals surface area contributed by atoms with Crippen LogP contribution in [0.4, 0.5) is 0 Å². The predicted octanol–water partition coefficient (Wildman–Crippen LogP) is 0.499. The van der Waals surface area contributed by atoms with Gasteiger partial charge in [-0.15, -0.1) is 0 Å². The average molecular weight is 166 g/mol. The molecule has 4 nitrogen and oxygen atoms in total. The number of aromatic carboxylic acids is 1. The van der Waals surface area contributed by atoms with Crippen LogP contribution in [0.2, 0.25) is 0 Å². The first-order valence-corrected chi connectivity index (χ1v) is 3.57. The van der Waals surface area contributed by atoms with E-state index in [1.807, 2.05) is 7.05 Å². The second-order valence-electron chi connectivity index (χ2n) is 2.39. The number of hydrogen-bond donors (Lipinski definition) is 2. The third-order valence-corrected chi connectivity index (χ3v) is 1.42. The molecule has 1 aromatic heterocycles. The highest BCUT2D eigenvalue weighted by Crippen LogP contribution is 1.99. The first-order chi connectivity index (χ1) is 5.74. The van der Waals surface area contributed by atoms with Gasteiger partial charge in [0.25, 0.3) is 0 Å². The summed E-state index contributed by atoms with van der Waals surface area (Å²) in [5, 5.41) is 11.5. The molecule has 0 aliphatic carbocycles. The highest BCUT2D eigenvalue weighted by atomic mass is 16.4. The summed E-state index contributed by atoms with van der Waals surface area (Å²) < 4.78 is 0. The number of carboxylic acids is 1. The van der Waals surface area contributed by atoms with E-state index in [0.29, 0.717) is 6.54 Å². The maximum absolute atomic E-state index is 10.4. The topological polar surface area (TPSA) is 62.2 Å². The summed E-state index contributed by atoms with van der Waals surface area (Å²) in [6.45, 7) is 0.701. The maximum atomic E-state index is 10.4. The fourth-order valence-corrected chi connectivity index (χ4v) is 0.860. The molecule has 4 heteroatoms. The van der Waals surface area contributed by atoms with Gasteiger partial charge in [0, 0.05) is 12.7 Å². The lowest BCUT2D eigenvalue weighted by molar-refractivity contribution is 0.0690. The molecule has 0 spiro atoms. The molecular formula is C8H10N2O2. The van der Waals surface area contributed by atoms with Gasteiger partial charge in [0.1, 0.15) is 5.69 Å². The SMILES string of the molecule is CNCc1ccc(C(=O)O)nc1. The second kappa shape index (κ2) is 3.82. The molecule has 0 amide bonds. The number of nitrogens with zero attached hydrogens (tertiary/aromatic N) is 1. The molecule has 0 unspecified atom stereocenters. The zero-order chi connectivity index (χ0) is 8.97. The smallest absolute Gasteiger partial charge is 0.354 e. The van der Waals surface area contributed by atoms with Crippen LogP contribution in [0.5, 0.6) is 0 Å². The van der Waals surface area contributed by atoms with Gasteiger partial charge in [-0.05, 0) is 18.7 Å². The van der Waals surface area contributed by atoms with Crippen molar-refractivity contribution in [3.8, 4) is 0 Å². The molecule has 0 aliphatic rings. The molecule has 0 fully saturated rings. The van der Waals surface area contributed by atoms with E-state index >= 15 is 0 Å². The molecule has 1 aromatic rings. The molecule has 64 valence electrons. The summed E-state index contributed by atoms with van der Waals surface area (Å²) in [5.41, 5.74) is 1.05. The molecular weight excluding hydrogens is 156 g/mol. The van der Waals surface area contributed by atoms with Crippen molar-refractivity contribution >= 4 is 5.97 Å². The zero-order valence-corrected chi connectivity index (χ0v) is 6.74. The summed E-state index contributed by atoms with van der Waals surface area (Å²) in [7, 11) is 1.82. The molecule has 12 heavy (non-hydrogen) atoms. The Hall–Kier alpha value is -1.42. The Balaban J connectivity index is 2.78. The lowest BCUT2D eigenvalue weighted by atomic mass is 10.2. The van der Waals surface area contributed by atoms with Crippen molar-refractivity contribution in [1.29, 1.82) is 0 Å². The fourth-order valence-electron chi connectivity index (χ4n) is 0.860. The number of carboxylic acid groups (broad SMARTS) is 1. The summed E-state index contributed by atoms with van der Waals surface area (Å²) in [6.07, 6.45) is 1.56. The Kier molecular flexibility index (Phi) is 2.76. The van der Waals surface area contributed by atoms with Crippen LogP contribution in [-0.4, -0.2) is 23.1 Å². The molecule has 2 N–H and O–H groups in total. The molecule has 0 saturated heterocycles. The normalized spacial score (nSPS) is 9.75. The molecule has 0 radical (unpaired) electrons. The Labute approximate surface area is 70.3 Å². The van der Waals surface area contributed by atoms with Crippen LogP contribution in [0.15, 0.2) is 18.3 Å². The quantitative estimate of drug-likeness (QED) is 0.686. The highest BCUT2D eigenvalue weighted by Gasteiger charge is 2.02. The van der Waals surface area contributed by atoms with Crippen LogP contribution < -0.4 is 5.32 Å². The van der Waals surface area contributed by atoms with Gasteiger partial charge in [-0.1, -0.05) is 6.07 Å². The molecule has 1 heterocycles. The Bertz CT molecular complexity index is 269. The Morgan fingerprint density at radius 2 is 2.42 bits per heavy atom. The van der Waals surface area contributed by atoms with E-state index in [1.54, 1.807) is 12.3 Å². The van der Waals surface area contributed by atoms with Crippen LogP contribution in [-0.2, 0) is 6.54 Å². The minimum Gasteiger partial charge on any atom is -0.477 e. The van der Waals surface area contributed by atoms with E-state index < -0.39 is 5.97 Å². The summed E-state index contributed by atoms with van der Waals surface area (Å²) in [4.78, 5) is 14.1. The van der Waals surface area contributed by atoms with Crippen molar-refractivity contribution in [2.45, 2.75) is 6.54 Å². The van der Waals surface area contributed by atoms with Gasteiger partial charge in [-0.3, -0.25) is 0 Å². The Morgan fingerprint density at radius 1 is 1.67 bits per heavy atom. The number of aromatic nitrogens is 1. The minimum atomic E-state index is -0.994. The molecule has 1 rings (SSSR count). The van der Waals surface area contributed by atoms with E-state index in [1.165, 1.54) is 6.07 Å². The zero-order valence-electron chi connectivity index (χ0n) is 6.74. The van der Waals surface area contributed by atoms with Crippen molar-refractivity contribution in [3.63, 3.8) is 0 Å². The van der Waals surface area contributed by atoms with Crippen LogP contribution >= 0.6 is 0 Å². The number of pyridine rings is 1. The van der Waals surface area contributed by atoms with Crippen molar-refractivity contribution in [1.82, 2.24) is 10.3 Å². The van der Waals surface area contributed by atoms with Gasteiger partial charge in [0.05, 0.1) is 0 Å². The van der Waals surface area contributed by atoms with Gasteiger partial charge in [0.2, 0.25) is 0 Å². The van der Waals surface area contributed by atoms with Crippen LogP contribution in [0.1, 0.15) is 16.1 Å². The van der Waals surface area contributed by atoms with Crippen LogP contribution in [0, 0.1) is 0 Å². The second-order valence-corrected chi connectivity index (χ2v) is 2.39. The van der Waals surface area contributed by atoms with Crippen molar-refractivity contribution in [2.75, 3.05) is 7.05 Å². The first kappa shape index (κ1) is 8.67. The lowest BCUT2D eigenvalue weighted by Gasteiger charge is -1.98. The number of carbonyl (C=O) groups is 1. The van der Waals surface area contributed by atoms with Gasteiger partial charge in [-0.25, -0.2) is 9.78 Å². The monoisotopic (exact) mass is 166 g/mol. The van der Waals surface area contributed by atoms with Crippen LogP contribution in [0.3, 0.4) is 0 Å². The number of rotatable bonds is 3.